The molecule has 7 heteroatoms. The van der Waals surface area contributed by atoms with Gasteiger partial charge in [-0.2, -0.15) is 0 Å². The average Bonchev–Trinajstić information content (AvgIpc) is 2.97. The topological polar surface area (TPSA) is 72.5 Å². The summed E-state index contributed by atoms with van der Waals surface area (Å²) < 4.78 is 5.13. The molecule has 1 aromatic heterocycles. The first-order chi connectivity index (χ1) is 12.5. The van der Waals surface area contributed by atoms with Gasteiger partial charge in [0.05, 0.1) is 22.3 Å². The van der Waals surface area contributed by atoms with Crippen LogP contribution in [0.4, 0.5) is 5.00 Å². The number of hydrogen-bond acceptors (Lipinski definition) is 6. The summed E-state index contributed by atoms with van der Waals surface area (Å²) in [6.45, 7) is 3.35. The lowest BCUT2D eigenvalue weighted by atomic mass is 9.94. The van der Waals surface area contributed by atoms with Gasteiger partial charge in [0.15, 0.2) is 5.78 Å². The van der Waals surface area contributed by atoms with Crippen LogP contribution in [0, 0.1) is 0 Å². The van der Waals surface area contributed by atoms with E-state index in [9.17, 15) is 14.4 Å². The Morgan fingerprint density at radius 2 is 2.04 bits per heavy atom. The summed E-state index contributed by atoms with van der Waals surface area (Å²) in [5, 5.41) is 2.89. The monoisotopic (exact) mass is 389 g/mol. The Morgan fingerprint density at radius 1 is 1.31 bits per heavy atom. The van der Waals surface area contributed by atoms with Crippen molar-refractivity contribution in [3.8, 4) is 0 Å². The predicted molar refractivity (Wildman–Crippen MR) is 103 cm³/mol. The van der Waals surface area contributed by atoms with E-state index in [0.717, 1.165) is 4.90 Å². The highest BCUT2D eigenvalue weighted by atomic mass is 32.2. The summed E-state index contributed by atoms with van der Waals surface area (Å²) in [6.07, 6.45) is 1.25. The summed E-state index contributed by atoms with van der Waals surface area (Å²) in [4.78, 5) is 38.4. The van der Waals surface area contributed by atoms with Crippen molar-refractivity contribution < 1.29 is 19.1 Å². The number of fused-ring (bicyclic) bond motifs is 1. The molecule has 0 unspecified atom stereocenters. The quantitative estimate of drug-likeness (QED) is 0.777. The molecule has 26 heavy (non-hydrogen) atoms. The molecule has 1 aliphatic rings. The molecule has 1 N–H and O–H groups in total. The molecule has 136 valence electrons. The Kier molecular flexibility index (Phi) is 5.78. The third-order valence-electron chi connectivity index (χ3n) is 3.97. The highest BCUT2D eigenvalue weighted by Crippen LogP contribution is 2.42. The third kappa shape index (κ3) is 3.83. The molecule has 0 radical (unpaired) electrons. The molecule has 5 nitrogen and oxygen atoms in total. The molecule has 3 rings (SSSR count). The van der Waals surface area contributed by atoms with Gasteiger partial charge in [0.25, 0.3) is 0 Å². The van der Waals surface area contributed by atoms with E-state index < -0.39 is 5.97 Å². The van der Waals surface area contributed by atoms with Gasteiger partial charge in [0, 0.05) is 11.8 Å². The number of thioether (sulfide) groups is 1. The predicted octanol–water partition coefficient (Wildman–Crippen LogP) is 4.17. The number of carbonyl (C=O) groups is 3. The number of Topliss-reactive ketones (excluding diaryl/α,β-unsaturated/α-hetero) is 1. The molecule has 0 saturated carbocycles. The van der Waals surface area contributed by atoms with E-state index in [4.69, 9.17) is 4.74 Å². The number of ketones is 1. The van der Waals surface area contributed by atoms with Crippen LogP contribution in [0.2, 0.25) is 0 Å². The Morgan fingerprint density at radius 3 is 2.69 bits per heavy atom. The second-order valence-electron chi connectivity index (χ2n) is 5.84. The van der Waals surface area contributed by atoms with Gasteiger partial charge in [0.1, 0.15) is 5.00 Å². The summed E-state index contributed by atoms with van der Waals surface area (Å²) in [7, 11) is 0. The van der Waals surface area contributed by atoms with Crippen molar-refractivity contribution in [1.29, 1.82) is 0 Å². The number of rotatable bonds is 5. The molecule has 0 fully saturated rings. The van der Waals surface area contributed by atoms with Gasteiger partial charge in [-0.1, -0.05) is 18.2 Å². The fraction of sp³-hybridized carbons (Fsp3) is 0.316. The number of benzene rings is 1. The molecule has 0 spiro atoms. The number of carbonyl (C=O) groups excluding carboxylic acids is 3. The SMILES string of the molecule is CCOC(=O)c1c(NC(C)=O)sc2c1CC[C@H](Sc1ccccc1)C2=O. The van der Waals surface area contributed by atoms with Crippen LogP contribution in [0.1, 0.15) is 45.9 Å². The minimum Gasteiger partial charge on any atom is -0.462 e. The summed E-state index contributed by atoms with van der Waals surface area (Å²) in [5.41, 5.74) is 1.03. The fourth-order valence-electron chi connectivity index (χ4n) is 2.90. The largest absolute Gasteiger partial charge is 0.462 e. The van der Waals surface area contributed by atoms with Gasteiger partial charge in [0.2, 0.25) is 5.91 Å². The average molecular weight is 389 g/mol. The van der Waals surface area contributed by atoms with Gasteiger partial charge in [-0.25, -0.2) is 4.79 Å². The van der Waals surface area contributed by atoms with E-state index >= 15 is 0 Å². The van der Waals surface area contributed by atoms with Crippen LogP contribution in [-0.2, 0) is 16.0 Å². The van der Waals surface area contributed by atoms with Crippen molar-refractivity contribution in [2.45, 2.75) is 36.8 Å². The molecule has 0 saturated heterocycles. The van der Waals surface area contributed by atoms with Gasteiger partial charge >= 0.3 is 5.97 Å². The maximum Gasteiger partial charge on any atom is 0.341 e. The Balaban J connectivity index is 1.93. The number of amides is 1. The van der Waals surface area contributed by atoms with Gasteiger partial charge in [-0.3, -0.25) is 9.59 Å². The van der Waals surface area contributed by atoms with Crippen molar-refractivity contribution >= 4 is 45.8 Å². The van der Waals surface area contributed by atoms with E-state index in [1.165, 1.54) is 30.0 Å². The van der Waals surface area contributed by atoms with Crippen molar-refractivity contribution in [2.24, 2.45) is 0 Å². The van der Waals surface area contributed by atoms with Crippen LogP contribution < -0.4 is 5.32 Å². The zero-order valence-electron chi connectivity index (χ0n) is 14.5. The molecule has 0 aliphatic heterocycles. The molecular weight excluding hydrogens is 370 g/mol. The van der Waals surface area contributed by atoms with Gasteiger partial charge < -0.3 is 10.1 Å². The maximum absolute atomic E-state index is 13.0. The number of thiophene rings is 1. The van der Waals surface area contributed by atoms with E-state index in [-0.39, 0.29) is 23.5 Å². The highest BCUT2D eigenvalue weighted by molar-refractivity contribution is 8.00. The zero-order chi connectivity index (χ0) is 18.7. The lowest BCUT2D eigenvalue weighted by Gasteiger charge is -2.20. The van der Waals surface area contributed by atoms with E-state index in [1.807, 2.05) is 30.3 Å². The van der Waals surface area contributed by atoms with Crippen molar-refractivity contribution in [3.05, 3.63) is 46.3 Å². The molecular formula is C19H19NO4S2. The van der Waals surface area contributed by atoms with Crippen molar-refractivity contribution in [3.63, 3.8) is 0 Å². The molecule has 1 amide bonds. The van der Waals surface area contributed by atoms with Crippen molar-refractivity contribution in [1.82, 2.24) is 0 Å². The minimum atomic E-state index is -0.490. The second kappa shape index (κ2) is 8.05. The standard InChI is InChI=1S/C19H19NO4S2/c1-3-24-19(23)15-13-9-10-14(25-12-7-5-4-6-8-12)16(22)17(13)26-18(15)20-11(2)21/h4-8,14H,3,9-10H2,1-2H3,(H,20,21)/t14-/m0/s1. The summed E-state index contributed by atoms with van der Waals surface area (Å²) in [6, 6.07) is 9.79. The minimum absolute atomic E-state index is 0.00672. The number of esters is 1. The first-order valence-electron chi connectivity index (χ1n) is 8.37. The van der Waals surface area contributed by atoms with Crippen LogP contribution in [-0.4, -0.2) is 29.5 Å². The molecule has 1 heterocycles. The molecule has 2 aromatic rings. The number of anilines is 1. The molecule has 1 atom stereocenters. The lowest BCUT2D eigenvalue weighted by Crippen LogP contribution is -2.24. The Labute approximate surface area is 160 Å². The lowest BCUT2D eigenvalue weighted by molar-refractivity contribution is -0.114. The first kappa shape index (κ1) is 18.7. The normalized spacial score (nSPS) is 16.1. The summed E-state index contributed by atoms with van der Waals surface area (Å²) >= 11 is 2.71. The smallest absolute Gasteiger partial charge is 0.341 e. The fourth-order valence-corrected chi connectivity index (χ4v) is 5.35. The summed E-state index contributed by atoms with van der Waals surface area (Å²) in [5.74, 6) is -0.764. The number of hydrogen-bond donors (Lipinski definition) is 1. The van der Waals surface area contributed by atoms with Gasteiger partial charge in [-0.15, -0.1) is 23.1 Å². The molecule has 1 aliphatic carbocycles. The van der Waals surface area contributed by atoms with Crippen LogP contribution in [0.5, 0.6) is 0 Å². The number of nitrogens with one attached hydrogen (secondary N) is 1. The maximum atomic E-state index is 13.0. The Bertz CT molecular complexity index is 845. The molecule has 0 bridgehead atoms. The van der Waals surface area contributed by atoms with E-state index in [0.29, 0.717) is 33.8 Å². The first-order valence-corrected chi connectivity index (χ1v) is 10.1. The molecule has 1 aromatic carbocycles. The third-order valence-corrected chi connectivity index (χ3v) is 6.41. The van der Waals surface area contributed by atoms with Crippen LogP contribution in [0.3, 0.4) is 0 Å². The van der Waals surface area contributed by atoms with E-state index in [1.54, 1.807) is 6.92 Å². The second-order valence-corrected chi connectivity index (χ2v) is 8.13. The number of ether oxygens (including phenoxy) is 1. The highest BCUT2D eigenvalue weighted by Gasteiger charge is 2.35. The van der Waals surface area contributed by atoms with Crippen LogP contribution in [0.15, 0.2) is 35.2 Å². The van der Waals surface area contributed by atoms with Crippen molar-refractivity contribution in [2.75, 3.05) is 11.9 Å². The Hall–Kier alpha value is -2.12. The van der Waals surface area contributed by atoms with Gasteiger partial charge in [-0.05, 0) is 37.5 Å². The zero-order valence-corrected chi connectivity index (χ0v) is 16.2. The van der Waals surface area contributed by atoms with Crippen LogP contribution >= 0.6 is 23.1 Å². The van der Waals surface area contributed by atoms with E-state index in [2.05, 4.69) is 5.32 Å². The van der Waals surface area contributed by atoms with Crippen LogP contribution in [0.25, 0.3) is 0 Å².